The first-order valence-electron chi connectivity index (χ1n) is 15.2. The molecule has 0 bridgehead atoms. The lowest BCUT2D eigenvalue weighted by atomic mass is 10.0. The van der Waals surface area contributed by atoms with E-state index >= 15 is 0 Å². The Morgan fingerprint density at radius 3 is 2.67 bits per heavy atom. The molecule has 2 atom stereocenters. The van der Waals surface area contributed by atoms with E-state index in [9.17, 15) is 19.6 Å². The number of β-amino-alcohol motifs (C(OH)–C–C–N with tert-alkyl or cyclic N) is 1. The Balaban J connectivity index is 1.18. The number of hydrogen-bond acceptors (Lipinski definition) is 11. The molecule has 11 nitrogen and oxygen atoms in total. The maximum Gasteiger partial charge on any atom is 0.236 e. The Labute approximate surface area is 268 Å². The summed E-state index contributed by atoms with van der Waals surface area (Å²) >= 11 is 2.88. The second kappa shape index (κ2) is 11.8. The Morgan fingerprint density at radius 1 is 1.20 bits per heavy atom. The fraction of sp³-hybridized carbons (Fsp3) is 0.452. The van der Waals surface area contributed by atoms with Gasteiger partial charge in [0.2, 0.25) is 10.9 Å². The first-order chi connectivity index (χ1) is 21.8. The third-order valence-corrected chi connectivity index (χ3v) is 11.0. The van der Waals surface area contributed by atoms with Crippen LogP contribution < -0.4 is 4.90 Å². The van der Waals surface area contributed by atoms with Crippen molar-refractivity contribution in [1.82, 2.24) is 34.3 Å². The van der Waals surface area contributed by atoms with Gasteiger partial charge in [0.15, 0.2) is 10.9 Å². The minimum atomic E-state index is -0.408. The third kappa shape index (κ3) is 5.17. The van der Waals surface area contributed by atoms with Crippen LogP contribution in [0.3, 0.4) is 0 Å². The molecule has 1 amide bonds. The highest BCUT2D eigenvalue weighted by atomic mass is 32.1. The molecule has 2 saturated heterocycles. The van der Waals surface area contributed by atoms with E-state index in [4.69, 9.17) is 15.1 Å². The quantitative estimate of drug-likeness (QED) is 0.286. The van der Waals surface area contributed by atoms with E-state index < -0.39 is 6.10 Å². The van der Waals surface area contributed by atoms with Gasteiger partial charge >= 0.3 is 0 Å². The molecule has 6 heterocycles. The van der Waals surface area contributed by atoms with Gasteiger partial charge in [-0.2, -0.15) is 14.9 Å². The lowest BCUT2D eigenvalue weighted by Gasteiger charge is -2.39. The summed E-state index contributed by atoms with van der Waals surface area (Å²) in [5.74, 6) is 0.625. The minimum Gasteiger partial charge on any atom is -0.389 e. The molecular formula is C31H34FN9O2S2. The summed E-state index contributed by atoms with van der Waals surface area (Å²) < 4.78 is 15.5. The predicted molar refractivity (Wildman–Crippen MR) is 171 cm³/mol. The van der Waals surface area contributed by atoms with Gasteiger partial charge in [0, 0.05) is 37.9 Å². The van der Waals surface area contributed by atoms with E-state index in [-0.39, 0.29) is 23.8 Å². The van der Waals surface area contributed by atoms with Crippen LogP contribution in [0.4, 0.5) is 15.3 Å². The zero-order valence-corrected chi connectivity index (χ0v) is 27.0. The highest BCUT2D eigenvalue weighted by molar-refractivity contribution is 7.17. The Hall–Kier alpha value is -3.90. The van der Waals surface area contributed by atoms with Gasteiger partial charge in [0.05, 0.1) is 30.4 Å². The van der Waals surface area contributed by atoms with Gasteiger partial charge in [-0.1, -0.05) is 42.6 Å². The molecule has 14 heteroatoms. The molecule has 1 unspecified atom stereocenters. The van der Waals surface area contributed by atoms with Crippen molar-refractivity contribution < 1.29 is 14.3 Å². The number of thiazole rings is 1. The number of halogens is 1. The number of benzene rings is 1. The molecule has 4 aromatic rings. The number of hydrogen-bond donors (Lipinski definition) is 1. The monoisotopic (exact) mass is 647 g/mol. The average Bonchev–Trinajstić information content (AvgIpc) is 3.84. The van der Waals surface area contributed by atoms with Crippen LogP contribution in [0.15, 0.2) is 36.0 Å². The van der Waals surface area contributed by atoms with Gasteiger partial charge in [0.25, 0.3) is 0 Å². The number of nitrogens with zero attached hydrogens (tertiary/aromatic N) is 9. The van der Waals surface area contributed by atoms with Crippen LogP contribution in [-0.4, -0.2) is 97.3 Å². The van der Waals surface area contributed by atoms with Crippen molar-refractivity contribution in [2.75, 3.05) is 44.7 Å². The van der Waals surface area contributed by atoms with Gasteiger partial charge in [-0.15, -0.1) is 0 Å². The van der Waals surface area contributed by atoms with Crippen molar-refractivity contribution in [3.63, 3.8) is 0 Å². The molecule has 3 aliphatic heterocycles. The second-order valence-corrected chi connectivity index (χ2v) is 13.6. The summed E-state index contributed by atoms with van der Waals surface area (Å²) in [6.45, 7) is 6.98. The maximum absolute atomic E-state index is 13.6. The first-order valence-corrected chi connectivity index (χ1v) is 16.9. The fourth-order valence-electron chi connectivity index (χ4n) is 6.58. The smallest absolute Gasteiger partial charge is 0.236 e. The number of aryl methyl sites for hydroxylation is 1. The number of amides is 1. The number of imidazole rings is 1. The lowest BCUT2D eigenvalue weighted by Crippen LogP contribution is -2.57. The third-order valence-electron chi connectivity index (χ3n) is 8.94. The molecule has 1 N–H and O–H groups in total. The lowest BCUT2D eigenvalue weighted by molar-refractivity contribution is -0.143. The molecule has 0 saturated carbocycles. The van der Waals surface area contributed by atoms with Crippen molar-refractivity contribution in [3.8, 4) is 17.3 Å². The molecule has 2 fully saturated rings. The zero-order chi connectivity index (χ0) is 31.4. The number of likely N-dealkylation sites (tertiary alicyclic amines) is 1. The Bertz CT molecular complexity index is 1820. The molecule has 0 spiro atoms. The van der Waals surface area contributed by atoms with Gasteiger partial charge in [-0.05, 0) is 50.1 Å². The summed E-state index contributed by atoms with van der Waals surface area (Å²) in [7, 11) is 1.91. The van der Waals surface area contributed by atoms with Crippen molar-refractivity contribution in [2.45, 2.75) is 51.3 Å². The van der Waals surface area contributed by atoms with E-state index in [0.717, 1.165) is 47.4 Å². The Kier molecular flexibility index (Phi) is 7.81. The largest absolute Gasteiger partial charge is 0.389 e. The molecule has 234 valence electrons. The number of likely N-dealkylation sites (N-methyl/N-ethyl adjacent to an activating group) is 1. The molecule has 0 aliphatic carbocycles. The predicted octanol–water partition coefficient (Wildman–Crippen LogP) is 4.18. The number of carbonyl (C=O) groups is 1. The standard InChI is InChI=1S/C31H34FN9O2S2/c1-4-22-29(37(3)30-35-27(24(14-33)44-30)18-8-10-19(32)11-9-18)41-31(34-22)45-28(36-41)21-13-25(40-12-6-7-23(21)40)38(5-2)17-26(43)39-15-20(42)16-39/h7-11,20-21,25,42H,4-6,12-13,15-17H2,1-3H3/t21-,25?/m1/s1. The van der Waals surface area contributed by atoms with E-state index in [1.165, 1.54) is 29.2 Å². The van der Waals surface area contributed by atoms with Gasteiger partial charge < -0.3 is 19.8 Å². The minimum absolute atomic E-state index is 0.0622. The van der Waals surface area contributed by atoms with Crippen molar-refractivity contribution >= 4 is 44.5 Å². The number of aliphatic hydroxyl groups excluding tert-OH is 1. The van der Waals surface area contributed by atoms with Crippen molar-refractivity contribution in [2.24, 2.45) is 0 Å². The SMILES string of the molecule is CCc1nc2sc([C@@H]3CC(N(CC)CC(=O)N4CC(O)C4)N4CCC=C34)nn2c1N(C)c1nc(-c2ccc(F)cc2)c(C#N)s1. The number of allylic oxidation sites excluding steroid dienone is 1. The summed E-state index contributed by atoms with van der Waals surface area (Å²) in [4.78, 5) is 32.3. The molecule has 3 aromatic heterocycles. The molecule has 45 heavy (non-hydrogen) atoms. The second-order valence-electron chi connectivity index (χ2n) is 11.6. The molecule has 0 radical (unpaired) electrons. The number of aromatic nitrogens is 4. The fourth-order valence-corrected chi connectivity index (χ4v) is 8.47. The zero-order valence-electron chi connectivity index (χ0n) is 25.4. The number of aliphatic hydroxyl groups is 1. The van der Waals surface area contributed by atoms with E-state index in [2.05, 4.69) is 35.8 Å². The summed E-state index contributed by atoms with van der Waals surface area (Å²) in [5, 5.41) is 26.3. The highest BCUT2D eigenvalue weighted by Crippen LogP contribution is 2.46. The molecule has 7 rings (SSSR count). The van der Waals surface area contributed by atoms with E-state index in [1.807, 2.05) is 16.5 Å². The first kappa shape index (κ1) is 29.8. The topological polar surface area (TPSA) is 117 Å². The van der Waals surface area contributed by atoms with Gasteiger partial charge in [-0.25, -0.2) is 14.4 Å². The number of nitriles is 1. The average molecular weight is 648 g/mol. The molecular weight excluding hydrogens is 614 g/mol. The van der Waals surface area contributed by atoms with Crippen molar-refractivity contribution in [1.29, 1.82) is 5.26 Å². The Morgan fingerprint density at radius 2 is 1.98 bits per heavy atom. The molecule has 3 aliphatic rings. The maximum atomic E-state index is 13.6. The van der Waals surface area contributed by atoms with Crippen LogP contribution in [-0.2, 0) is 11.2 Å². The van der Waals surface area contributed by atoms with Crippen LogP contribution in [0.25, 0.3) is 16.2 Å². The van der Waals surface area contributed by atoms with Crippen LogP contribution in [0.5, 0.6) is 0 Å². The van der Waals surface area contributed by atoms with Crippen LogP contribution in [0.1, 0.15) is 48.2 Å². The number of fused-ring (bicyclic) bond motifs is 2. The number of anilines is 2. The number of rotatable bonds is 9. The number of carbonyl (C=O) groups excluding carboxylic acids is 1. The van der Waals surface area contributed by atoms with Crippen molar-refractivity contribution in [3.05, 3.63) is 57.4 Å². The summed E-state index contributed by atoms with van der Waals surface area (Å²) in [5.41, 5.74) is 3.36. The normalized spacial score (nSPS) is 19.7. The highest BCUT2D eigenvalue weighted by Gasteiger charge is 2.44. The van der Waals surface area contributed by atoms with Crippen LogP contribution >= 0.6 is 22.7 Å². The van der Waals surface area contributed by atoms with E-state index in [0.29, 0.717) is 47.3 Å². The van der Waals surface area contributed by atoms with Crippen LogP contribution in [0, 0.1) is 17.1 Å². The van der Waals surface area contributed by atoms with Gasteiger partial charge in [0.1, 0.15) is 27.5 Å². The van der Waals surface area contributed by atoms with Crippen LogP contribution in [0.2, 0.25) is 0 Å². The summed E-state index contributed by atoms with van der Waals surface area (Å²) in [6.07, 6.45) is 4.48. The van der Waals surface area contributed by atoms with Gasteiger partial charge in [-0.3, -0.25) is 9.69 Å². The molecule has 1 aromatic carbocycles. The van der Waals surface area contributed by atoms with E-state index in [1.54, 1.807) is 28.4 Å². The summed E-state index contributed by atoms with van der Waals surface area (Å²) in [6, 6.07) is 8.26.